The summed E-state index contributed by atoms with van der Waals surface area (Å²) in [5.74, 6) is 2.67. The van der Waals surface area contributed by atoms with Crippen molar-refractivity contribution in [2.45, 2.75) is 26.9 Å². The molecular weight excluding hydrogens is 248 g/mol. The minimum absolute atomic E-state index is 0.525. The average Bonchev–Trinajstić information content (AvgIpc) is 2.39. The number of aryl methyl sites for hydroxylation is 1. The molecule has 0 atom stereocenters. The van der Waals surface area contributed by atoms with Crippen LogP contribution in [-0.4, -0.2) is 34.0 Å². The van der Waals surface area contributed by atoms with Gasteiger partial charge in [0.05, 0.1) is 6.61 Å². The lowest BCUT2D eigenvalue weighted by Crippen LogP contribution is -2.16. The average molecular weight is 266 g/mol. The molecule has 0 spiro atoms. The van der Waals surface area contributed by atoms with Crippen molar-refractivity contribution < 1.29 is 4.74 Å². The first-order valence-electron chi connectivity index (χ1n) is 6.14. The Labute approximate surface area is 111 Å². The lowest BCUT2D eigenvalue weighted by atomic mass is 10.3. The van der Waals surface area contributed by atoms with Gasteiger partial charge in [-0.2, -0.15) is 0 Å². The molecule has 0 bridgehead atoms. The Morgan fingerprint density at radius 3 is 3.11 bits per heavy atom. The van der Waals surface area contributed by atoms with E-state index in [9.17, 15) is 0 Å². The third kappa shape index (κ3) is 3.68. The fourth-order valence-electron chi connectivity index (χ4n) is 1.56. The fourth-order valence-corrected chi connectivity index (χ4v) is 2.38. The van der Waals surface area contributed by atoms with E-state index >= 15 is 0 Å². The summed E-state index contributed by atoms with van der Waals surface area (Å²) in [4.78, 5) is 13.1. The number of nitrogens with one attached hydrogen (secondary N) is 1. The fraction of sp³-hybridized carbons (Fsp3) is 0.583. The van der Waals surface area contributed by atoms with Crippen LogP contribution in [0.4, 0.5) is 5.82 Å². The van der Waals surface area contributed by atoms with E-state index in [0.29, 0.717) is 13.2 Å². The Bertz CT molecular complexity index is 436. The van der Waals surface area contributed by atoms with Crippen LogP contribution in [0.15, 0.2) is 11.2 Å². The second kappa shape index (κ2) is 6.70. The van der Waals surface area contributed by atoms with Crippen LogP contribution in [0.2, 0.25) is 0 Å². The number of nitrogens with zero attached hydrogens (tertiary/aromatic N) is 3. The van der Waals surface area contributed by atoms with Crippen molar-refractivity contribution in [1.29, 1.82) is 0 Å². The van der Waals surface area contributed by atoms with Crippen molar-refractivity contribution in [1.82, 2.24) is 9.97 Å². The first kappa shape index (κ1) is 13.3. The zero-order valence-corrected chi connectivity index (χ0v) is 11.6. The summed E-state index contributed by atoms with van der Waals surface area (Å²) in [5.41, 5.74) is 0.969. The Hall–Kier alpha value is -1.14. The minimum Gasteiger partial charge on any atom is -0.377 e. The molecule has 0 fully saturated rings. The van der Waals surface area contributed by atoms with E-state index in [1.807, 2.05) is 20.0 Å². The summed E-state index contributed by atoms with van der Waals surface area (Å²) < 4.78 is 5.42. The van der Waals surface area contributed by atoms with Gasteiger partial charge in [0.25, 0.3) is 0 Å². The maximum Gasteiger partial charge on any atom is 0.162 e. The molecule has 0 amide bonds. The molecule has 2 rings (SSSR count). The lowest BCUT2D eigenvalue weighted by Gasteiger charge is -2.15. The van der Waals surface area contributed by atoms with Gasteiger partial charge < -0.3 is 10.1 Å². The van der Waals surface area contributed by atoms with Gasteiger partial charge in [-0.15, -0.1) is 0 Å². The number of anilines is 1. The van der Waals surface area contributed by atoms with Gasteiger partial charge in [-0.05, 0) is 20.3 Å². The summed E-state index contributed by atoms with van der Waals surface area (Å²) in [7, 11) is 0. The second-order valence-electron chi connectivity index (χ2n) is 3.94. The van der Waals surface area contributed by atoms with E-state index in [1.165, 1.54) is 0 Å². The van der Waals surface area contributed by atoms with Gasteiger partial charge >= 0.3 is 0 Å². The van der Waals surface area contributed by atoms with Crippen molar-refractivity contribution in [2.75, 3.05) is 24.2 Å². The SMILES string of the molecule is CCOCc1cnc(C)nc1NC1=NCCCS1. The summed E-state index contributed by atoms with van der Waals surface area (Å²) in [5, 5.41) is 4.22. The number of thioether (sulfide) groups is 1. The molecule has 1 aromatic heterocycles. The highest BCUT2D eigenvalue weighted by Gasteiger charge is 2.11. The van der Waals surface area contributed by atoms with Crippen LogP contribution in [0, 0.1) is 6.92 Å². The topological polar surface area (TPSA) is 59.4 Å². The molecular formula is C12H18N4OS. The van der Waals surface area contributed by atoms with Crippen LogP contribution in [0.25, 0.3) is 0 Å². The Kier molecular flexibility index (Phi) is 4.95. The van der Waals surface area contributed by atoms with Crippen LogP contribution in [0.3, 0.4) is 0 Å². The zero-order chi connectivity index (χ0) is 12.8. The molecule has 5 nitrogen and oxygen atoms in total. The largest absolute Gasteiger partial charge is 0.377 e. The predicted octanol–water partition coefficient (Wildman–Crippen LogP) is 2.23. The highest BCUT2D eigenvalue weighted by molar-refractivity contribution is 8.14. The maximum atomic E-state index is 5.42. The molecule has 0 saturated carbocycles. The molecule has 1 aliphatic heterocycles. The van der Waals surface area contributed by atoms with Gasteiger partial charge in [0.15, 0.2) is 5.17 Å². The van der Waals surface area contributed by atoms with Crippen LogP contribution >= 0.6 is 11.8 Å². The van der Waals surface area contributed by atoms with Crippen LogP contribution in [0.1, 0.15) is 24.7 Å². The van der Waals surface area contributed by atoms with Crippen LogP contribution in [0.5, 0.6) is 0 Å². The number of hydrogen-bond acceptors (Lipinski definition) is 6. The number of amidine groups is 1. The summed E-state index contributed by atoms with van der Waals surface area (Å²) >= 11 is 1.73. The number of ether oxygens (including phenoxy) is 1. The molecule has 2 heterocycles. The van der Waals surface area contributed by atoms with Crippen molar-refractivity contribution in [3.63, 3.8) is 0 Å². The molecule has 0 unspecified atom stereocenters. The number of rotatable bonds is 4. The van der Waals surface area contributed by atoms with Crippen molar-refractivity contribution in [3.05, 3.63) is 17.6 Å². The van der Waals surface area contributed by atoms with Gasteiger partial charge in [-0.1, -0.05) is 11.8 Å². The Morgan fingerprint density at radius 1 is 1.50 bits per heavy atom. The molecule has 0 aliphatic carbocycles. The van der Waals surface area contributed by atoms with Crippen LogP contribution < -0.4 is 5.32 Å². The normalized spacial score (nSPS) is 15.3. The molecule has 0 saturated heterocycles. The number of hydrogen-bond donors (Lipinski definition) is 1. The third-order valence-electron chi connectivity index (χ3n) is 2.47. The first-order chi connectivity index (χ1) is 8.79. The number of aliphatic imine (C=N–C) groups is 1. The molecule has 0 aromatic carbocycles. The quantitative estimate of drug-likeness (QED) is 0.905. The Balaban J connectivity index is 2.13. The van der Waals surface area contributed by atoms with Crippen molar-refractivity contribution in [3.8, 4) is 0 Å². The zero-order valence-electron chi connectivity index (χ0n) is 10.8. The van der Waals surface area contributed by atoms with E-state index in [2.05, 4.69) is 20.3 Å². The van der Waals surface area contributed by atoms with Crippen LogP contribution in [-0.2, 0) is 11.3 Å². The van der Waals surface area contributed by atoms with E-state index in [1.54, 1.807) is 11.8 Å². The van der Waals surface area contributed by atoms with Gasteiger partial charge in [0.1, 0.15) is 11.6 Å². The first-order valence-corrected chi connectivity index (χ1v) is 7.12. The molecule has 0 radical (unpaired) electrons. The van der Waals surface area contributed by atoms with E-state index in [-0.39, 0.29) is 0 Å². The van der Waals surface area contributed by atoms with Crippen molar-refractivity contribution >= 4 is 22.7 Å². The number of aromatic nitrogens is 2. The second-order valence-corrected chi connectivity index (χ2v) is 5.03. The molecule has 1 N–H and O–H groups in total. The maximum absolute atomic E-state index is 5.42. The monoisotopic (exact) mass is 266 g/mol. The van der Waals surface area contributed by atoms with Gasteiger partial charge in [-0.3, -0.25) is 4.99 Å². The summed E-state index contributed by atoms with van der Waals surface area (Å²) in [6.07, 6.45) is 2.96. The third-order valence-corrected chi connectivity index (χ3v) is 3.47. The van der Waals surface area contributed by atoms with Gasteiger partial charge in [0, 0.05) is 30.7 Å². The molecule has 98 valence electrons. The molecule has 1 aliphatic rings. The van der Waals surface area contributed by atoms with Gasteiger partial charge in [0.2, 0.25) is 0 Å². The molecule has 18 heavy (non-hydrogen) atoms. The summed E-state index contributed by atoms with van der Waals surface area (Å²) in [6.45, 7) is 5.95. The molecule has 1 aromatic rings. The van der Waals surface area contributed by atoms with E-state index in [0.717, 1.165) is 41.1 Å². The lowest BCUT2D eigenvalue weighted by molar-refractivity contribution is 0.134. The standard InChI is InChI=1S/C12H18N4OS/c1-3-17-8-10-7-14-9(2)15-11(10)16-12-13-5-4-6-18-12/h7H,3-6,8H2,1-2H3,(H,13,14,15,16). The van der Waals surface area contributed by atoms with E-state index in [4.69, 9.17) is 4.74 Å². The van der Waals surface area contributed by atoms with Crippen molar-refractivity contribution in [2.24, 2.45) is 4.99 Å². The predicted molar refractivity (Wildman–Crippen MR) is 75.1 cm³/mol. The Morgan fingerprint density at radius 2 is 2.39 bits per heavy atom. The highest BCUT2D eigenvalue weighted by atomic mass is 32.2. The smallest absolute Gasteiger partial charge is 0.162 e. The minimum atomic E-state index is 0.525. The van der Waals surface area contributed by atoms with E-state index < -0.39 is 0 Å². The highest BCUT2D eigenvalue weighted by Crippen LogP contribution is 2.18. The summed E-state index contributed by atoms with van der Waals surface area (Å²) in [6, 6.07) is 0. The van der Waals surface area contributed by atoms with Gasteiger partial charge in [-0.25, -0.2) is 9.97 Å². The molecule has 6 heteroatoms.